The van der Waals surface area contributed by atoms with Gasteiger partial charge in [0.25, 0.3) is 0 Å². The highest BCUT2D eigenvalue weighted by Gasteiger charge is 2.24. The maximum atomic E-state index is 11.7. The van der Waals surface area contributed by atoms with Gasteiger partial charge in [0.1, 0.15) is 0 Å². The molecule has 0 saturated carbocycles. The number of likely N-dealkylation sites (N-methyl/N-ethyl adjacent to an activating group) is 1. The highest BCUT2D eigenvalue weighted by molar-refractivity contribution is 5.77. The van der Waals surface area contributed by atoms with E-state index in [0.29, 0.717) is 18.4 Å². The summed E-state index contributed by atoms with van der Waals surface area (Å²) in [6.07, 6.45) is 2.15. The molecular formula is C20H28N6O. The number of nitrogens with one attached hydrogen (secondary N) is 2. The monoisotopic (exact) mass is 368 g/mol. The largest absolute Gasteiger partial charge is 0.358 e. The van der Waals surface area contributed by atoms with Crippen LogP contribution in [0.1, 0.15) is 41.5 Å². The fraction of sp³-hybridized carbons (Fsp3) is 0.500. The summed E-state index contributed by atoms with van der Waals surface area (Å²) in [4.78, 5) is 27.6. The first kappa shape index (κ1) is 19.2. The van der Waals surface area contributed by atoms with Crippen molar-refractivity contribution in [2.24, 2.45) is 0 Å². The molecule has 1 amide bonds. The Bertz CT molecular complexity index is 802. The number of piperidine rings is 1. The smallest absolute Gasteiger partial charge is 0.233 e. The standard InChI is InChI=1S/C20H28N6O/c1-13-8-14(2)24-20(23-13)25-17-9-15(3)22-18(10-17)16-6-5-7-26(11-16)12-19(27)21-4/h8-10,16H,5-7,11-12H2,1-4H3,(H,21,27)(H,22,23,24,25)/t16-/m0/s1. The lowest BCUT2D eigenvalue weighted by atomic mass is 9.93. The summed E-state index contributed by atoms with van der Waals surface area (Å²) in [5, 5.41) is 6.02. The fourth-order valence-corrected chi connectivity index (χ4v) is 3.61. The zero-order valence-corrected chi connectivity index (χ0v) is 16.5. The van der Waals surface area contributed by atoms with Crippen molar-refractivity contribution in [2.45, 2.75) is 39.5 Å². The highest BCUT2D eigenvalue weighted by atomic mass is 16.1. The average Bonchev–Trinajstić information content (AvgIpc) is 2.60. The van der Waals surface area contributed by atoms with Crippen LogP contribution in [0, 0.1) is 20.8 Å². The molecule has 1 fully saturated rings. The first-order valence-electron chi connectivity index (χ1n) is 9.44. The number of rotatable bonds is 5. The summed E-state index contributed by atoms with van der Waals surface area (Å²) < 4.78 is 0. The van der Waals surface area contributed by atoms with Crippen molar-refractivity contribution < 1.29 is 4.79 Å². The van der Waals surface area contributed by atoms with Crippen LogP contribution >= 0.6 is 0 Å². The molecule has 2 N–H and O–H groups in total. The van der Waals surface area contributed by atoms with Gasteiger partial charge in [-0.3, -0.25) is 14.7 Å². The molecule has 1 aliphatic rings. The number of hydrogen-bond donors (Lipinski definition) is 2. The zero-order valence-electron chi connectivity index (χ0n) is 16.5. The van der Waals surface area contributed by atoms with E-state index in [9.17, 15) is 4.79 Å². The molecule has 2 aromatic rings. The quantitative estimate of drug-likeness (QED) is 0.844. The first-order valence-corrected chi connectivity index (χ1v) is 9.44. The Hall–Kier alpha value is -2.54. The lowest BCUT2D eigenvalue weighted by Gasteiger charge is -2.32. The van der Waals surface area contributed by atoms with Crippen LogP contribution in [0.4, 0.5) is 11.6 Å². The molecule has 1 saturated heterocycles. The van der Waals surface area contributed by atoms with E-state index in [1.54, 1.807) is 7.05 Å². The lowest BCUT2D eigenvalue weighted by molar-refractivity contribution is -0.122. The van der Waals surface area contributed by atoms with E-state index < -0.39 is 0 Å². The van der Waals surface area contributed by atoms with Gasteiger partial charge in [-0.15, -0.1) is 0 Å². The van der Waals surface area contributed by atoms with Crippen molar-refractivity contribution in [3.63, 3.8) is 0 Å². The van der Waals surface area contributed by atoms with Crippen LogP contribution in [-0.4, -0.2) is 52.4 Å². The van der Waals surface area contributed by atoms with Crippen LogP contribution in [0.3, 0.4) is 0 Å². The number of anilines is 2. The minimum absolute atomic E-state index is 0.0576. The van der Waals surface area contributed by atoms with Crippen LogP contribution in [-0.2, 0) is 4.79 Å². The summed E-state index contributed by atoms with van der Waals surface area (Å²) in [5.74, 6) is 0.986. The van der Waals surface area contributed by atoms with Gasteiger partial charge in [-0.25, -0.2) is 9.97 Å². The van der Waals surface area contributed by atoms with Crippen molar-refractivity contribution in [1.29, 1.82) is 0 Å². The van der Waals surface area contributed by atoms with Crippen LogP contribution in [0.15, 0.2) is 18.2 Å². The van der Waals surface area contributed by atoms with E-state index in [0.717, 1.165) is 54.4 Å². The van der Waals surface area contributed by atoms with Crippen molar-refractivity contribution in [1.82, 2.24) is 25.2 Å². The Kier molecular flexibility index (Phi) is 6.01. The van der Waals surface area contributed by atoms with Gasteiger partial charge in [0, 0.05) is 48.0 Å². The minimum atomic E-state index is 0.0576. The molecule has 7 heteroatoms. The second-order valence-electron chi connectivity index (χ2n) is 7.27. The lowest BCUT2D eigenvalue weighted by Crippen LogP contribution is -2.41. The third-order valence-corrected chi connectivity index (χ3v) is 4.78. The number of carbonyl (C=O) groups is 1. The number of nitrogens with zero attached hydrogens (tertiary/aromatic N) is 4. The van der Waals surface area contributed by atoms with E-state index in [4.69, 9.17) is 4.98 Å². The van der Waals surface area contributed by atoms with Gasteiger partial charge in [-0.1, -0.05) is 0 Å². The van der Waals surface area contributed by atoms with E-state index in [1.165, 1.54) is 0 Å². The first-order chi connectivity index (χ1) is 12.9. The van der Waals surface area contributed by atoms with Crippen LogP contribution in [0.2, 0.25) is 0 Å². The molecule has 0 spiro atoms. The van der Waals surface area contributed by atoms with Crippen molar-refractivity contribution in [2.75, 3.05) is 32.0 Å². The number of aromatic nitrogens is 3. The third kappa shape index (κ3) is 5.23. The number of amides is 1. The Morgan fingerprint density at radius 2 is 1.81 bits per heavy atom. The second-order valence-corrected chi connectivity index (χ2v) is 7.27. The van der Waals surface area contributed by atoms with Crippen molar-refractivity contribution >= 4 is 17.5 Å². The maximum absolute atomic E-state index is 11.7. The maximum Gasteiger partial charge on any atom is 0.233 e. The average molecular weight is 368 g/mol. The predicted octanol–water partition coefficient (Wildman–Crippen LogP) is 2.47. The molecule has 144 valence electrons. The summed E-state index contributed by atoms with van der Waals surface area (Å²) in [5.41, 5.74) is 4.85. The SMILES string of the molecule is CNC(=O)CN1CCC[C@H](c2cc(Nc3nc(C)cc(C)n3)cc(C)n2)C1. The molecule has 0 aromatic carbocycles. The molecule has 0 radical (unpaired) electrons. The number of likely N-dealkylation sites (tertiary alicyclic amines) is 1. The number of pyridine rings is 1. The molecule has 1 aliphatic heterocycles. The molecule has 1 atom stereocenters. The molecule has 0 aliphatic carbocycles. The van der Waals surface area contributed by atoms with Crippen LogP contribution in [0.5, 0.6) is 0 Å². The van der Waals surface area contributed by atoms with Crippen molar-refractivity contribution in [3.05, 3.63) is 41.0 Å². The Balaban J connectivity index is 1.77. The molecule has 0 bridgehead atoms. The summed E-state index contributed by atoms with van der Waals surface area (Å²) in [6.45, 7) is 8.18. The topological polar surface area (TPSA) is 83.0 Å². The van der Waals surface area contributed by atoms with E-state index in [-0.39, 0.29) is 5.91 Å². The molecular weight excluding hydrogens is 340 g/mol. The van der Waals surface area contributed by atoms with E-state index >= 15 is 0 Å². The number of aryl methyl sites for hydroxylation is 3. The highest BCUT2D eigenvalue weighted by Crippen LogP contribution is 2.28. The van der Waals surface area contributed by atoms with E-state index in [1.807, 2.05) is 32.9 Å². The van der Waals surface area contributed by atoms with Crippen molar-refractivity contribution in [3.8, 4) is 0 Å². The molecule has 3 rings (SSSR count). The Morgan fingerprint density at radius 1 is 1.11 bits per heavy atom. The van der Waals surface area contributed by atoms with Crippen LogP contribution in [0.25, 0.3) is 0 Å². The van der Waals surface area contributed by atoms with Gasteiger partial charge in [0.05, 0.1) is 6.54 Å². The normalized spacial score (nSPS) is 17.6. The Labute approximate surface area is 160 Å². The number of carbonyl (C=O) groups excluding carboxylic acids is 1. The number of hydrogen-bond acceptors (Lipinski definition) is 6. The second kappa shape index (κ2) is 8.43. The summed E-state index contributed by atoms with van der Waals surface area (Å²) in [7, 11) is 1.68. The minimum Gasteiger partial charge on any atom is -0.358 e. The van der Waals surface area contributed by atoms with Gasteiger partial charge >= 0.3 is 0 Å². The van der Waals surface area contributed by atoms with Gasteiger partial charge < -0.3 is 10.6 Å². The third-order valence-electron chi connectivity index (χ3n) is 4.78. The fourth-order valence-electron chi connectivity index (χ4n) is 3.61. The van der Waals surface area contributed by atoms with Gasteiger partial charge in [0.2, 0.25) is 11.9 Å². The molecule has 3 heterocycles. The molecule has 2 aromatic heterocycles. The van der Waals surface area contributed by atoms with Gasteiger partial charge in [-0.2, -0.15) is 0 Å². The molecule has 7 nitrogen and oxygen atoms in total. The molecule has 0 unspecified atom stereocenters. The molecule has 27 heavy (non-hydrogen) atoms. The predicted molar refractivity (Wildman–Crippen MR) is 106 cm³/mol. The summed E-state index contributed by atoms with van der Waals surface area (Å²) >= 11 is 0. The summed E-state index contributed by atoms with van der Waals surface area (Å²) in [6, 6.07) is 6.05. The zero-order chi connectivity index (χ0) is 19.4. The van der Waals surface area contributed by atoms with Crippen LogP contribution < -0.4 is 10.6 Å². The van der Waals surface area contributed by atoms with E-state index in [2.05, 4.69) is 31.6 Å². The van der Waals surface area contributed by atoms with Gasteiger partial charge in [-0.05, 0) is 58.4 Å². The van der Waals surface area contributed by atoms with Gasteiger partial charge in [0.15, 0.2) is 0 Å². The Morgan fingerprint density at radius 3 is 2.52 bits per heavy atom.